The fraction of sp³-hybridized carbons (Fsp3) is 0.357. The van der Waals surface area contributed by atoms with Gasteiger partial charge in [0, 0.05) is 12.1 Å². The lowest BCUT2D eigenvalue weighted by atomic mass is 10.1. The minimum absolute atomic E-state index is 0.00619. The zero-order chi connectivity index (χ0) is 15.9. The van der Waals surface area contributed by atoms with Gasteiger partial charge in [-0.2, -0.15) is 0 Å². The van der Waals surface area contributed by atoms with Crippen LogP contribution in [0, 0.1) is 11.6 Å². The number of rotatable bonds is 3. The molecule has 1 aromatic rings. The van der Waals surface area contributed by atoms with Crippen molar-refractivity contribution in [1.29, 1.82) is 0 Å². The van der Waals surface area contributed by atoms with Crippen LogP contribution in [0.15, 0.2) is 12.1 Å². The highest BCUT2D eigenvalue weighted by atomic mass is 19.1. The predicted octanol–water partition coefficient (Wildman–Crippen LogP) is 0.571. The molecule has 2 saturated heterocycles. The molecule has 1 atom stereocenters. The van der Waals surface area contributed by atoms with Gasteiger partial charge in [0.2, 0.25) is 11.8 Å². The smallest absolute Gasteiger partial charge is 0.249 e. The molecule has 0 saturated carbocycles. The van der Waals surface area contributed by atoms with Crippen molar-refractivity contribution in [2.75, 3.05) is 23.3 Å². The molecule has 8 heteroatoms. The molecule has 2 aliphatic rings. The second-order valence-electron chi connectivity index (χ2n) is 5.33. The molecule has 0 aromatic heterocycles. The first-order valence-corrected chi connectivity index (χ1v) is 6.80. The van der Waals surface area contributed by atoms with Crippen LogP contribution in [-0.4, -0.2) is 36.7 Å². The number of anilines is 2. The minimum atomic E-state index is -0.803. The highest BCUT2D eigenvalue weighted by Crippen LogP contribution is 2.30. The van der Waals surface area contributed by atoms with Crippen LogP contribution in [0.5, 0.6) is 0 Å². The van der Waals surface area contributed by atoms with Gasteiger partial charge in [-0.15, -0.1) is 0 Å². The lowest BCUT2D eigenvalue weighted by Crippen LogP contribution is -2.48. The minimum Gasteiger partial charge on any atom is -0.373 e. The van der Waals surface area contributed by atoms with Gasteiger partial charge in [-0.3, -0.25) is 19.7 Å². The molecule has 0 radical (unpaired) electrons. The van der Waals surface area contributed by atoms with Crippen LogP contribution in [0.25, 0.3) is 0 Å². The van der Waals surface area contributed by atoms with E-state index in [-0.39, 0.29) is 49.0 Å². The summed E-state index contributed by atoms with van der Waals surface area (Å²) >= 11 is 0. The second kappa shape index (κ2) is 5.36. The van der Waals surface area contributed by atoms with Gasteiger partial charge < -0.3 is 10.2 Å². The average Bonchev–Trinajstić information content (AvgIpc) is 2.39. The van der Waals surface area contributed by atoms with E-state index in [2.05, 4.69) is 10.6 Å². The Balaban J connectivity index is 1.76. The van der Waals surface area contributed by atoms with Crippen molar-refractivity contribution < 1.29 is 23.2 Å². The third-order valence-electron chi connectivity index (χ3n) is 3.65. The first kappa shape index (κ1) is 14.4. The van der Waals surface area contributed by atoms with Gasteiger partial charge in [0.05, 0.1) is 13.1 Å². The Labute approximate surface area is 124 Å². The number of nitrogens with one attached hydrogen (secondary N) is 2. The summed E-state index contributed by atoms with van der Waals surface area (Å²) in [6.45, 7) is -0.0124. The van der Waals surface area contributed by atoms with Crippen molar-refractivity contribution in [1.82, 2.24) is 5.32 Å². The third-order valence-corrected chi connectivity index (χ3v) is 3.65. The van der Waals surface area contributed by atoms with Crippen molar-refractivity contribution in [3.8, 4) is 0 Å². The number of nitrogens with zero attached hydrogens (tertiary/aromatic N) is 1. The molecular formula is C14H13F2N3O3. The molecule has 0 bridgehead atoms. The highest BCUT2D eigenvalue weighted by Gasteiger charge is 2.30. The predicted molar refractivity (Wildman–Crippen MR) is 73.4 cm³/mol. The van der Waals surface area contributed by atoms with Crippen LogP contribution in [0.3, 0.4) is 0 Å². The summed E-state index contributed by atoms with van der Waals surface area (Å²) in [5.74, 6) is -2.57. The fourth-order valence-corrected chi connectivity index (χ4v) is 2.52. The molecule has 2 amide bonds. The maximum Gasteiger partial charge on any atom is 0.249 e. The van der Waals surface area contributed by atoms with Crippen molar-refractivity contribution in [2.45, 2.75) is 18.9 Å². The van der Waals surface area contributed by atoms with Gasteiger partial charge in [-0.1, -0.05) is 0 Å². The van der Waals surface area contributed by atoms with Crippen molar-refractivity contribution in [3.63, 3.8) is 0 Å². The fourth-order valence-electron chi connectivity index (χ4n) is 2.52. The van der Waals surface area contributed by atoms with Crippen LogP contribution in [0.4, 0.5) is 20.2 Å². The number of carbonyl (C=O) groups is 3. The molecule has 3 rings (SSSR count). The summed E-state index contributed by atoms with van der Waals surface area (Å²) in [5.41, 5.74) is -0.131. The molecule has 0 aliphatic carbocycles. The topological polar surface area (TPSA) is 78.5 Å². The Bertz CT molecular complexity index is 646. The number of benzene rings is 1. The third kappa shape index (κ3) is 2.63. The highest BCUT2D eigenvalue weighted by molar-refractivity contribution is 6.01. The van der Waals surface area contributed by atoms with Crippen molar-refractivity contribution in [3.05, 3.63) is 23.8 Å². The molecule has 116 valence electrons. The molecule has 6 nitrogen and oxygen atoms in total. The quantitative estimate of drug-likeness (QED) is 0.798. The molecule has 2 aliphatic heterocycles. The Morgan fingerprint density at radius 3 is 2.32 bits per heavy atom. The Hall–Kier alpha value is -2.51. The lowest BCUT2D eigenvalue weighted by Gasteiger charge is -2.32. The van der Waals surface area contributed by atoms with E-state index in [0.717, 1.165) is 12.1 Å². The Kier molecular flexibility index (Phi) is 3.51. The van der Waals surface area contributed by atoms with Gasteiger partial charge in [0.1, 0.15) is 11.7 Å². The summed E-state index contributed by atoms with van der Waals surface area (Å²) in [5, 5.41) is 4.87. The summed E-state index contributed by atoms with van der Waals surface area (Å²) in [6, 6.07) is 1.43. The SMILES string of the molecule is O=C1CN(c2c(F)cc(NC3CCC(=O)NC3=O)cc2F)C1. The van der Waals surface area contributed by atoms with E-state index in [1.165, 1.54) is 4.90 Å². The molecule has 1 unspecified atom stereocenters. The van der Waals surface area contributed by atoms with Crippen LogP contribution < -0.4 is 15.5 Å². The number of hydrogen-bond acceptors (Lipinski definition) is 5. The molecular weight excluding hydrogens is 296 g/mol. The number of imide groups is 1. The van der Waals surface area contributed by atoms with Gasteiger partial charge >= 0.3 is 0 Å². The average molecular weight is 309 g/mol. The van der Waals surface area contributed by atoms with Crippen molar-refractivity contribution >= 4 is 29.0 Å². The molecule has 0 spiro atoms. The number of hydrogen-bond donors (Lipinski definition) is 2. The standard InChI is InChI=1S/C14H13F2N3O3/c15-9-3-7(17-11-1-2-12(21)18-14(11)22)4-10(16)13(9)19-5-8(20)6-19/h3-4,11,17H,1-2,5-6H2,(H,18,21,22). The second-order valence-corrected chi connectivity index (χ2v) is 5.33. The molecule has 22 heavy (non-hydrogen) atoms. The summed E-state index contributed by atoms with van der Waals surface area (Å²) in [4.78, 5) is 34.9. The monoisotopic (exact) mass is 309 g/mol. The van der Waals surface area contributed by atoms with E-state index in [4.69, 9.17) is 0 Å². The van der Waals surface area contributed by atoms with Crippen LogP contribution in [-0.2, 0) is 14.4 Å². The zero-order valence-electron chi connectivity index (χ0n) is 11.5. The van der Waals surface area contributed by atoms with Gasteiger partial charge in [-0.25, -0.2) is 8.78 Å². The van der Waals surface area contributed by atoms with Crippen molar-refractivity contribution in [2.24, 2.45) is 0 Å². The Morgan fingerprint density at radius 1 is 1.14 bits per heavy atom. The normalized spacial score (nSPS) is 21.5. The van der Waals surface area contributed by atoms with Gasteiger partial charge in [0.15, 0.2) is 17.4 Å². The molecule has 2 N–H and O–H groups in total. The molecule has 2 fully saturated rings. The lowest BCUT2D eigenvalue weighted by molar-refractivity contribution is -0.133. The summed E-state index contributed by atoms with van der Waals surface area (Å²) in [6.07, 6.45) is 0.429. The van der Waals surface area contributed by atoms with E-state index in [1.54, 1.807) is 0 Å². The van der Waals surface area contributed by atoms with E-state index < -0.39 is 23.6 Å². The van der Waals surface area contributed by atoms with E-state index in [9.17, 15) is 23.2 Å². The summed E-state index contributed by atoms with van der Waals surface area (Å²) in [7, 11) is 0. The van der Waals surface area contributed by atoms with Gasteiger partial charge in [0.25, 0.3) is 0 Å². The van der Waals surface area contributed by atoms with E-state index in [0.29, 0.717) is 0 Å². The first-order valence-electron chi connectivity index (χ1n) is 6.80. The number of amides is 2. The largest absolute Gasteiger partial charge is 0.373 e. The maximum absolute atomic E-state index is 14.0. The van der Waals surface area contributed by atoms with E-state index in [1.807, 2.05) is 0 Å². The zero-order valence-corrected chi connectivity index (χ0v) is 11.5. The number of ketones is 1. The summed E-state index contributed by atoms with van der Waals surface area (Å²) < 4.78 is 28.1. The molecule has 2 heterocycles. The number of Topliss-reactive ketones (excluding diaryl/α,β-unsaturated/α-hetero) is 1. The Morgan fingerprint density at radius 2 is 1.77 bits per heavy atom. The first-order chi connectivity index (χ1) is 10.4. The van der Waals surface area contributed by atoms with Crippen LogP contribution >= 0.6 is 0 Å². The number of halogens is 2. The van der Waals surface area contributed by atoms with Gasteiger partial charge in [-0.05, 0) is 18.6 Å². The van der Waals surface area contributed by atoms with Crippen LogP contribution in [0.2, 0.25) is 0 Å². The number of piperidine rings is 1. The number of carbonyl (C=O) groups excluding carboxylic acids is 3. The van der Waals surface area contributed by atoms with Crippen LogP contribution in [0.1, 0.15) is 12.8 Å². The molecule has 1 aromatic carbocycles. The van der Waals surface area contributed by atoms with E-state index >= 15 is 0 Å². The maximum atomic E-state index is 14.0.